The van der Waals surface area contributed by atoms with Crippen LogP contribution in [0.4, 0.5) is 34.1 Å². The first kappa shape index (κ1) is 50.6. The van der Waals surface area contributed by atoms with Crippen molar-refractivity contribution in [3.05, 3.63) is 327 Å². The summed E-state index contributed by atoms with van der Waals surface area (Å²) in [5, 5.41) is 0.0533. The Kier molecular flexibility index (Phi) is 11.7. The van der Waals surface area contributed by atoms with Crippen molar-refractivity contribution in [2.24, 2.45) is 0 Å². The number of aromatic nitrogens is 1. The van der Waals surface area contributed by atoms with Gasteiger partial charge < -0.3 is 14.4 Å². The van der Waals surface area contributed by atoms with E-state index in [4.69, 9.17) is 2.74 Å². The van der Waals surface area contributed by atoms with E-state index in [0.29, 0.717) is 5.69 Å². The molecule has 3 heterocycles. The maximum atomic E-state index is 9.79. The minimum Gasteiger partial charge on any atom is -0.309 e. The van der Waals surface area contributed by atoms with Gasteiger partial charge in [0.1, 0.15) is 0 Å². The normalized spacial score (nSPS) is 15.8. The highest BCUT2D eigenvalue weighted by molar-refractivity contribution is 6.10. The molecule has 0 N–H and O–H groups in total. The second kappa shape index (κ2) is 21.8. The van der Waals surface area contributed by atoms with E-state index in [0.717, 1.165) is 102 Å². The summed E-state index contributed by atoms with van der Waals surface area (Å²) < 4.78 is 76.8. The minimum absolute atomic E-state index is 0.0266. The van der Waals surface area contributed by atoms with Gasteiger partial charge in [0.25, 0.3) is 0 Å². The monoisotopic (exact) mass is 1230 g/mol. The fourth-order valence-electron chi connectivity index (χ4n) is 15.1. The van der Waals surface area contributed by atoms with Gasteiger partial charge in [0.2, 0.25) is 0 Å². The van der Waals surface area contributed by atoms with Gasteiger partial charge >= 0.3 is 0 Å². The van der Waals surface area contributed by atoms with Crippen LogP contribution in [-0.2, 0) is 28.1 Å². The Morgan fingerprint density at radius 2 is 0.798 bits per heavy atom. The molecule has 94 heavy (non-hydrogen) atoms. The summed E-state index contributed by atoms with van der Waals surface area (Å²) in [4.78, 5) is 5.01. The predicted octanol–water partition coefficient (Wildman–Crippen LogP) is 24.8. The van der Waals surface area contributed by atoms with Crippen LogP contribution in [0, 0.1) is 0 Å². The van der Waals surface area contributed by atoms with E-state index >= 15 is 0 Å². The molecule has 0 saturated carbocycles. The van der Waals surface area contributed by atoms with Crippen molar-refractivity contribution < 1.29 is 11.0 Å². The van der Waals surface area contributed by atoms with Gasteiger partial charge in [-0.15, -0.1) is 0 Å². The van der Waals surface area contributed by atoms with E-state index in [-0.39, 0.29) is 73.6 Å². The molecule has 1 atom stereocenters. The smallest absolute Gasteiger partial charge is 0.0645 e. The van der Waals surface area contributed by atoms with Crippen molar-refractivity contribution in [3.8, 4) is 39.1 Å². The molecule has 16 rings (SSSR count). The molecule has 3 nitrogen and oxygen atoms in total. The second-order valence-corrected chi connectivity index (χ2v) is 30.4. The van der Waals surface area contributed by atoms with Crippen LogP contribution in [0.2, 0.25) is 0 Å². The van der Waals surface area contributed by atoms with Crippen LogP contribution in [0.25, 0.3) is 60.9 Å². The minimum atomic E-state index is -0.487. The Hall–Kier alpha value is -9.96. The van der Waals surface area contributed by atoms with Gasteiger partial charge in [0, 0.05) is 45.0 Å². The summed E-state index contributed by atoms with van der Waals surface area (Å²) in [5.41, 5.74) is 26.1. The first-order valence-electron chi connectivity index (χ1n) is 37.3. The van der Waals surface area contributed by atoms with Crippen LogP contribution < -0.4 is 9.80 Å². The molecule has 0 spiro atoms. The number of para-hydroxylation sites is 2. The lowest BCUT2D eigenvalue weighted by atomic mass is 9.71. The molecule has 0 amide bonds. The van der Waals surface area contributed by atoms with Gasteiger partial charge in [0.05, 0.1) is 56.1 Å². The van der Waals surface area contributed by atoms with Gasteiger partial charge in [-0.1, -0.05) is 271 Å². The van der Waals surface area contributed by atoms with E-state index in [9.17, 15) is 8.22 Å². The third kappa shape index (κ3) is 9.84. The average Bonchev–Trinajstić information content (AvgIpc) is 1.24. The number of hydrogen-bond donors (Lipinski definition) is 0. The molecule has 0 saturated heterocycles. The largest absolute Gasteiger partial charge is 0.309 e. The molecule has 3 aliphatic rings. The topological polar surface area (TPSA) is 11.4 Å². The number of anilines is 6. The van der Waals surface area contributed by atoms with Gasteiger partial charge in [-0.2, -0.15) is 0 Å². The number of hydrogen-bond acceptors (Lipinski definition) is 2. The Bertz CT molecular complexity index is 5510. The highest BCUT2D eigenvalue weighted by Gasteiger charge is 2.44. The lowest BCUT2D eigenvalue weighted by molar-refractivity contribution is 0.569. The summed E-state index contributed by atoms with van der Waals surface area (Å²) in [5.74, 6) is -0.666. The van der Waals surface area contributed by atoms with Gasteiger partial charge in [-0.25, -0.2) is 0 Å². The zero-order valence-corrected chi connectivity index (χ0v) is 55.9. The van der Waals surface area contributed by atoms with Gasteiger partial charge in [0.15, 0.2) is 0 Å². The fourth-order valence-corrected chi connectivity index (χ4v) is 15.1. The molecule has 13 aromatic rings. The zero-order chi connectivity index (χ0) is 71.7. The predicted molar refractivity (Wildman–Crippen MR) is 399 cm³/mol. The van der Waals surface area contributed by atoms with Crippen molar-refractivity contribution >= 4 is 55.9 Å². The summed E-state index contributed by atoms with van der Waals surface area (Å²) in [6, 6.07) is 75.4. The zero-order valence-electron chi connectivity index (χ0n) is 63.9. The van der Waals surface area contributed by atoms with E-state index in [1.165, 1.54) is 38.9 Å². The number of rotatable bonds is 7. The SMILES string of the molecule is [2H]c1c([2H])c([2H])c2c(c1[2H])c1c([2H])c([2H])c([2H])c([2H])c1n2-c1ccc2c(c1)N(c1ccc(C(C)(C)C)cc1-c1ccccc1)c1cc(C3c4ccccc4Cc4ccccc43)cc3c1C2c1cc(-c2cc(C(C)(C)C)cc(C(C)(C)C)c2)ccc1N3c1ccc(C(C)(C)C)cc1-c1ccccc1. The van der Waals surface area contributed by atoms with Crippen LogP contribution in [0.15, 0.2) is 261 Å². The average molecular weight is 1230 g/mol. The first-order chi connectivity index (χ1) is 48.5. The molecule has 3 heteroatoms. The second-order valence-electron chi connectivity index (χ2n) is 30.4. The highest BCUT2D eigenvalue weighted by atomic mass is 15.2. The molecule has 1 aliphatic carbocycles. The lowest BCUT2D eigenvalue weighted by Gasteiger charge is -2.47. The molecule has 0 radical (unpaired) electrons. The fraction of sp³-hybridized carbons (Fsp3) is 0.209. The summed E-state index contributed by atoms with van der Waals surface area (Å²) >= 11 is 0. The quantitative estimate of drug-likeness (QED) is 0.158. The Labute approximate surface area is 567 Å². The highest BCUT2D eigenvalue weighted by Crippen LogP contribution is 2.64. The molecule has 1 unspecified atom stereocenters. The van der Waals surface area contributed by atoms with Crippen molar-refractivity contribution in [2.45, 2.75) is 123 Å². The van der Waals surface area contributed by atoms with E-state index < -0.39 is 30.1 Å². The molecule has 462 valence electrons. The molecule has 0 bridgehead atoms. The Morgan fingerprint density at radius 3 is 1.31 bits per heavy atom. The summed E-state index contributed by atoms with van der Waals surface area (Å²) in [6.45, 7) is 27.3. The molecule has 12 aromatic carbocycles. The molecular weight excluding hydrogens is 1140 g/mol. The van der Waals surface area contributed by atoms with E-state index in [1.807, 2.05) is 6.07 Å². The van der Waals surface area contributed by atoms with Crippen LogP contribution in [-0.4, -0.2) is 4.57 Å². The van der Waals surface area contributed by atoms with Crippen molar-refractivity contribution in [1.29, 1.82) is 0 Å². The van der Waals surface area contributed by atoms with Crippen molar-refractivity contribution in [1.82, 2.24) is 4.57 Å². The van der Waals surface area contributed by atoms with Crippen LogP contribution in [0.1, 0.15) is 173 Å². The molecule has 1 aromatic heterocycles. The van der Waals surface area contributed by atoms with E-state index in [2.05, 4.69) is 299 Å². The number of fused-ring (bicyclic) bond motifs is 9. The van der Waals surface area contributed by atoms with Crippen molar-refractivity contribution in [3.63, 3.8) is 0 Å². The van der Waals surface area contributed by atoms with Crippen LogP contribution in [0.3, 0.4) is 0 Å². The van der Waals surface area contributed by atoms with Crippen molar-refractivity contribution in [2.75, 3.05) is 9.80 Å². The van der Waals surface area contributed by atoms with Crippen LogP contribution in [0.5, 0.6) is 0 Å². The standard InChI is InChI=1S/C91H83N3/c1-88(2,3)64-40-45-79(74(54-64)57-27-15-13-16-28-57)93-81-44-39-59(62-48-66(90(7,8)9)53-67(49-62)91(10,11)12)50-76(81)86-73-43-42-68(92-77-37-25-23-35-71(77)72-36-24-26-38-78(72)92)56-82(73)94(80-46-41-65(89(4,5)6)55-75(80)58-29-17-14-18-30-58)84-52-63(51-83(93)87(84)86)85-69-33-21-19-31-60(69)47-61-32-20-22-34-70(61)85/h13-46,48-56,85-86H,47H2,1-12H3/i23D,24D,25D,26D,35D,36D,37D,38D. The maximum absolute atomic E-state index is 9.79. The van der Waals surface area contributed by atoms with E-state index in [1.54, 1.807) is 4.57 Å². The first-order valence-corrected chi connectivity index (χ1v) is 33.3. The third-order valence-corrected chi connectivity index (χ3v) is 20.2. The Balaban J connectivity index is 1.11. The maximum Gasteiger partial charge on any atom is 0.0645 e. The third-order valence-electron chi connectivity index (χ3n) is 20.2. The van der Waals surface area contributed by atoms with Crippen LogP contribution >= 0.6 is 0 Å². The van der Waals surface area contributed by atoms with Gasteiger partial charge in [-0.3, -0.25) is 0 Å². The number of benzene rings is 12. The molecular formula is C91H83N3. The van der Waals surface area contributed by atoms with Gasteiger partial charge in [-0.05, 0) is 184 Å². The number of nitrogens with zero attached hydrogens (tertiary/aromatic N) is 3. The summed E-state index contributed by atoms with van der Waals surface area (Å²) in [7, 11) is 0. The Morgan fingerprint density at radius 1 is 0.330 bits per heavy atom. The molecule has 2 aliphatic heterocycles. The lowest BCUT2D eigenvalue weighted by Crippen LogP contribution is -2.30. The molecule has 0 fully saturated rings. The summed E-state index contributed by atoms with van der Waals surface area (Å²) in [6.07, 6.45) is 0.797.